The van der Waals surface area contributed by atoms with Gasteiger partial charge in [0.15, 0.2) is 0 Å². The monoisotopic (exact) mass is 355 g/mol. The van der Waals surface area contributed by atoms with Crippen LogP contribution in [0.2, 0.25) is 0 Å². The molecule has 0 spiro atoms. The van der Waals surface area contributed by atoms with Crippen LogP contribution in [0.4, 0.5) is 5.69 Å². The summed E-state index contributed by atoms with van der Waals surface area (Å²) in [6.45, 7) is 2.14. The molecular weight excluding hydrogens is 326 g/mol. The third kappa shape index (κ3) is 3.56. The number of rotatable bonds is 4. The van der Waals surface area contributed by atoms with Crippen LogP contribution in [0.15, 0.2) is 24.5 Å². The van der Waals surface area contributed by atoms with E-state index < -0.39 is 0 Å². The Kier molecular flexibility index (Phi) is 5.11. The normalized spacial score (nSPS) is 19.6. The number of hydrogen-bond donors (Lipinski definition) is 2. The lowest BCUT2D eigenvalue weighted by atomic mass is 9.95. The van der Waals surface area contributed by atoms with Gasteiger partial charge in [0.05, 0.1) is 17.3 Å². The summed E-state index contributed by atoms with van der Waals surface area (Å²) in [5.74, 6) is 0.00793. The van der Waals surface area contributed by atoms with Crippen LogP contribution in [-0.4, -0.2) is 47.7 Å². The van der Waals surface area contributed by atoms with E-state index in [9.17, 15) is 4.79 Å². The molecule has 1 aliphatic heterocycles. The van der Waals surface area contributed by atoms with Gasteiger partial charge in [-0.2, -0.15) is 5.10 Å². The lowest BCUT2D eigenvalue weighted by Crippen LogP contribution is -2.41. The van der Waals surface area contributed by atoms with Crippen molar-refractivity contribution in [2.45, 2.75) is 57.0 Å². The van der Waals surface area contributed by atoms with Crippen molar-refractivity contribution in [2.24, 2.45) is 0 Å². The molecule has 3 heterocycles. The number of pyridine rings is 1. The van der Waals surface area contributed by atoms with E-state index in [0.717, 1.165) is 50.0 Å². The molecule has 2 N–H and O–H groups in total. The van der Waals surface area contributed by atoms with Crippen LogP contribution in [0.1, 0.15) is 55.3 Å². The molecule has 1 saturated heterocycles. The van der Waals surface area contributed by atoms with Gasteiger partial charge >= 0.3 is 0 Å². The number of anilines is 1. The maximum Gasteiger partial charge on any atom is 0.255 e. The quantitative estimate of drug-likeness (QED) is 0.885. The van der Waals surface area contributed by atoms with E-state index in [0.29, 0.717) is 17.6 Å². The smallest absolute Gasteiger partial charge is 0.255 e. The highest BCUT2D eigenvalue weighted by molar-refractivity contribution is 6.01. The van der Waals surface area contributed by atoms with Crippen LogP contribution < -0.4 is 15.5 Å². The Labute approximate surface area is 154 Å². The number of carbonyl (C=O) groups is 1. The second-order valence-electron chi connectivity index (χ2n) is 7.67. The average molecular weight is 355 g/mol. The first-order valence-corrected chi connectivity index (χ1v) is 9.94. The zero-order chi connectivity index (χ0) is 17.9. The number of nitrogens with one attached hydrogen (secondary N) is 2. The van der Waals surface area contributed by atoms with Crippen molar-refractivity contribution in [3.63, 3.8) is 0 Å². The fourth-order valence-corrected chi connectivity index (χ4v) is 4.28. The van der Waals surface area contributed by atoms with Gasteiger partial charge in [0.25, 0.3) is 5.91 Å². The Bertz CT molecular complexity index is 759. The molecule has 1 aliphatic carbocycles. The third-order valence-corrected chi connectivity index (χ3v) is 5.95. The molecule has 1 saturated carbocycles. The molecule has 1 amide bonds. The van der Waals surface area contributed by atoms with Crippen molar-refractivity contribution in [1.29, 1.82) is 0 Å². The van der Waals surface area contributed by atoms with Gasteiger partial charge in [0.1, 0.15) is 0 Å². The molecule has 0 aromatic carbocycles. The standard InChI is InChI=1S/C20H29N5O/c1-24(16-7-10-21-11-8-16)17-9-12-25-19(13-17)18(14-22-25)20(26)23-15-5-3-2-4-6-15/h9,12-16,21H,2-8,10-11H2,1H3,(H,23,26). The number of aromatic nitrogens is 2. The largest absolute Gasteiger partial charge is 0.371 e. The van der Waals surface area contributed by atoms with E-state index in [2.05, 4.69) is 39.8 Å². The Morgan fingerprint density at radius 3 is 2.77 bits per heavy atom. The first-order valence-electron chi connectivity index (χ1n) is 9.94. The molecule has 0 atom stereocenters. The number of nitrogens with zero attached hydrogens (tertiary/aromatic N) is 3. The van der Waals surface area contributed by atoms with E-state index in [1.165, 1.54) is 19.3 Å². The molecule has 2 aromatic heterocycles. The van der Waals surface area contributed by atoms with Gasteiger partial charge < -0.3 is 15.5 Å². The van der Waals surface area contributed by atoms with Gasteiger partial charge in [-0.15, -0.1) is 0 Å². The van der Waals surface area contributed by atoms with Crippen LogP contribution in [0.25, 0.3) is 5.52 Å². The third-order valence-electron chi connectivity index (χ3n) is 5.95. The highest BCUT2D eigenvalue weighted by atomic mass is 16.1. The second-order valence-corrected chi connectivity index (χ2v) is 7.67. The summed E-state index contributed by atoms with van der Waals surface area (Å²) in [6.07, 6.45) is 11.8. The molecule has 0 radical (unpaired) electrons. The number of hydrogen-bond acceptors (Lipinski definition) is 4. The summed E-state index contributed by atoms with van der Waals surface area (Å²) in [5, 5.41) is 11.0. The summed E-state index contributed by atoms with van der Waals surface area (Å²) in [6, 6.07) is 5.04. The maximum absolute atomic E-state index is 12.8. The molecule has 6 nitrogen and oxygen atoms in total. The average Bonchev–Trinajstić information content (AvgIpc) is 3.12. The van der Waals surface area contributed by atoms with E-state index in [4.69, 9.17) is 0 Å². The molecule has 0 unspecified atom stereocenters. The predicted molar refractivity (Wildman–Crippen MR) is 104 cm³/mol. The topological polar surface area (TPSA) is 61.7 Å². The number of fused-ring (bicyclic) bond motifs is 1. The van der Waals surface area contributed by atoms with Crippen molar-refractivity contribution in [2.75, 3.05) is 25.0 Å². The number of amides is 1. The Hall–Kier alpha value is -2.08. The van der Waals surface area contributed by atoms with Crippen LogP contribution >= 0.6 is 0 Å². The highest BCUT2D eigenvalue weighted by Gasteiger charge is 2.21. The van der Waals surface area contributed by atoms with Crippen LogP contribution in [0, 0.1) is 0 Å². The highest BCUT2D eigenvalue weighted by Crippen LogP contribution is 2.24. The van der Waals surface area contributed by atoms with Crippen molar-refractivity contribution in [3.05, 3.63) is 30.1 Å². The molecule has 2 aromatic rings. The van der Waals surface area contributed by atoms with E-state index in [1.807, 2.05) is 6.20 Å². The van der Waals surface area contributed by atoms with Gasteiger partial charge in [0.2, 0.25) is 0 Å². The molecule has 2 fully saturated rings. The maximum atomic E-state index is 12.8. The van der Waals surface area contributed by atoms with Crippen molar-refractivity contribution in [3.8, 4) is 0 Å². The van der Waals surface area contributed by atoms with Crippen LogP contribution in [0.5, 0.6) is 0 Å². The molecule has 6 heteroatoms. The Morgan fingerprint density at radius 1 is 1.23 bits per heavy atom. The lowest BCUT2D eigenvalue weighted by molar-refractivity contribution is 0.0929. The van der Waals surface area contributed by atoms with E-state index in [-0.39, 0.29) is 5.91 Å². The zero-order valence-corrected chi connectivity index (χ0v) is 15.6. The summed E-state index contributed by atoms with van der Waals surface area (Å²) in [4.78, 5) is 15.1. The fourth-order valence-electron chi connectivity index (χ4n) is 4.28. The fraction of sp³-hybridized carbons (Fsp3) is 0.600. The van der Waals surface area contributed by atoms with Gasteiger partial charge in [-0.25, -0.2) is 4.52 Å². The van der Waals surface area contributed by atoms with Crippen LogP contribution in [-0.2, 0) is 0 Å². The molecule has 2 aliphatic rings. The van der Waals surface area contributed by atoms with Crippen molar-refractivity contribution >= 4 is 17.1 Å². The summed E-state index contributed by atoms with van der Waals surface area (Å²) in [5.41, 5.74) is 2.71. The minimum atomic E-state index is 0.00793. The Balaban J connectivity index is 1.54. The first-order chi connectivity index (χ1) is 12.7. The lowest BCUT2D eigenvalue weighted by Gasteiger charge is -2.33. The summed E-state index contributed by atoms with van der Waals surface area (Å²) >= 11 is 0. The Morgan fingerprint density at radius 2 is 2.00 bits per heavy atom. The predicted octanol–water partition coefficient (Wildman–Crippen LogP) is 2.58. The van der Waals surface area contributed by atoms with Gasteiger partial charge in [0, 0.05) is 31.0 Å². The van der Waals surface area contributed by atoms with Gasteiger partial charge in [-0.05, 0) is 50.9 Å². The molecule has 140 valence electrons. The first kappa shape index (κ1) is 17.3. The van der Waals surface area contributed by atoms with Gasteiger partial charge in [-0.1, -0.05) is 19.3 Å². The molecule has 0 bridgehead atoms. The van der Waals surface area contributed by atoms with Crippen LogP contribution in [0.3, 0.4) is 0 Å². The number of carbonyl (C=O) groups excluding carboxylic acids is 1. The zero-order valence-electron chi connectivity index (χ0n) is 15.6. The van der Waals surface area contributed by atoms with Crippen molar-refractivity contribution < 1.29 is 4.79 Å². The summed E-state index contributed by atoms with van der Waals surface area (Å²) in [7, 11) is 2.15. The molecule has 26 heavy (non-hydrogen) atoms. The minimum absolute atomic E-state index is 0.00793. The second kappa shape index (κ2) is 7.66. The summed E-state index contributed by atoms with van der Waals surface area (Å²) < 4.78 is 1.80. The van der Waals surface area contributed by atoms with Crippen molar-refractivity contribution in [1.82, 2.24) is 20.2 Å². The SMILES string of the molecule is CN(c1ccn2ncc(C(=O)NC3CCCCC3)c2c1)C1CCNCC1. The molecular formula is C20H29N5O. The van der Waals surface area contributed by atoms with E-state index in [1.54, 1.807) is 10.7 Å². The molecule has 4 rings (SSSR count). The van der Waals surface area contributed by atoms with Gasteiger partial charge in [-0.3, -0.25) is 4.79 Å². The van der Waals surface area contributed by atoms with E-state index >= 15 is 0 Å². The minimum Gasteiger partial charge on any atom is -0.371 e. The number of piperidine rings is 1.